The molecule has 0 radical (unpaired) electrons. The number of nitrogens with one attached hydrogen (secondary N) is 3. The molecule has 0 saturated heterocycles. The van der Waals surface area contributed by atoms with Crippen molar-refractivity contribution in [2.75, 3.05) is 4.72 Å². The number of imidazole rings is 1. The van der Waals surface area contributed by atoms with Gasteiger partial charge in [0.1, 0.15) is 4.21 Å². The molecule has 6 nitrogen and oxygen atoms in total. The first-order valence-electron chi connectivity index (χ1n) is 5.75. The standard InChI is InChI=1S/C12H11N3O3S2/c1-7-2-5-11(19-7)20(17,18)15-8-3-4-9-10(6-8)14-12(16)13-9/h2-6,15H,1H3,(H2,13,14,16). The molecule has 1 aromatic carbocycles. The minimum absolute atomic E-state index is 0.262. The zero-order valence-electron chi connectivity index (χ0n) is 10.4. The van der Waals surface area contributed by atoms with Crippen LogP contribution in [0.5, 0.6) is 0 Å². The van der Waals surface area contributed by atoms with Crippen LogP contribution >= 0.6 is 11.3 Å². The molecule has 0 bridgehead atoms. The number of hydrogen-bond donors (Lipinski definition) is 3. The Kier molecular flexibility index (Phi) is 2.91. The number of anilines is 1. The smallest absolute Gasteiger partial charge is 0.306 e. The quantitative estimate of drug-likeness (QED) is 0.691. The van der Waals surface area contributed by atoms with E-state index >= 15 is 0 Å². The van der Waals surface area contributed by atoms with Gasteiger partial charge in [-0.1, -0.05) is 0 Å². The van der Waals surface area contributed by atoms with Crippen molar-refractivity contribution in [2.45, 2.75) is 11.1 Å². The minimum atomic E-state index is -3.59. The third kappa shape index (κ3) is 2.35. The van der Waals surface area contributed by atoms with Crippen molar-refractivity contribution in [3.8, 4) is 0 Å². The number of aryl methyl sites for hydroxylation is 1. The predicted molar refractivity (Wildman–Crippen MR) is 78.8 cm³/mol. The van der Waals surface area contributed by atoms with Crippen LogP contribution in [-0.2, 0) is 10.0 Å². The fraction of sp³-hybridized carbons (Fsp3) is 0.0833. The Morgan fingerprint density at radius 2 is 1.85 bits per heavy atom. The van der Waals surface area contributed by atoms with Gasteiger partial charge in [0, 0.05) is 4.88 Å². The Labute approximate surface area is 118 Å². The van der Waals surface area contributed by atoms with Gasteiger partial charge in [-0.05, 0) is 37.3 Å². The molecule has 0 aliphatic rings. The first kappa shape index (κ1) is 12.9. The predicted octanol–water partition coefficient (Wildman–Crippen LogP) is 2.03. The molecular weight excluding hydrogens is 298 g/mol. The normalized spacial score (nSPS) is 11.8. The third-order valence-corrected chi connectivity index (χ3v) is 5.62. The Hall–Kier alpha value is -2.06. The highest BCUT2D eigenvalue weighted by molar-refractivity contribution is 7.94. The zero-order valence-corrected chi connectivity index (χ0v) is 12.1. The summed E-state index contributed by atoms with van der Waals surface area (Å²) >= 11 is 1.21. The summed E-state index contributed by atoms with van der Waals surface area (Å²) < 4.78 is 27.1. The van der Waals surface area contributed by atoms with Gasteiger partial charge in [0.05, 0.1) is 16.7 Å². The van der Waals surface area contributed by atoms with Gasteiger partial charge >= 0.3 is 5.69 Å². The van der Waals surface area contributed by atoms with E-state index in [9.17, 15) is 13.2 Å². The molecule has 104 valence electrons. The van der Waals surface area contributed by atoms with Crippen LogP contribution in [-0.4, -0.2) is 18.4 Å². The second kappa shape index (κ2) is 4.50. The highest BCUT2D eigenvalue weighted by Gasteiger charge is 2.16. The second-order valence-corrected chi connectivity index (χ2v) is 7.51. The topological polar surface area (TPSA) is 94.8 Å². The summed E-state index contributed by atoms with van der Waals surface area (Å²) in [4.78, 5) is 17.3. The maximum absolute atomic E-state index is 12.2. The lowest BCUT2D eigenvalue weighted by molar-refractivity contribution is 0.603. The van der Waals surface area contributed by atoms with Crippen molar-refractivity contribution in [3.63, 3.8) is 0 Å². The molecule has 3 aromatic rings. The van der Waals surface area contributed by atoms with Gasteiger partial charge in [0.15, 0.2) is 0 Å². The first-order chi connectivity index (χ1) is 9.44. The van der Waals surface area contributed by atoms with E-state index in [1.54, 1.807) is 30.3 Å². The highest BCUT2D eigenvalue weighted by Crippen LogP contribution is 2.24. The van der Waals surface area contributed by atoms with Gasteiger partial charge < -0.3 is 9.97 Å². The van der Waals surface area contributed by atoms with E-state index in [1.807, 2.05) is 6.92 Å². The molecular formula is C12H11N3O3S2. The summed E-state index contributed by atoms with van der Waals surface area (Å²) in [7, 11) is -3.59. The highest BCUT2D eigenvalue weighted by atomic mass is 32.2. The van der Waals surface area contributed by atoms with Gasteiger partial charge in [-0.15, -0.1) is 11.3 Å². The summed E-state index contributed by atoms with van der Waals surface area (Å²) in [5, 5.41) is 0. The monoisotopic (exact) mass is 309 g/mol. The number of benzene rings is 1. The summed E-state index contributed by atoms with van der Waals surface area (Å²) in [6, 6.07) is 8.14. The SMILES string of the molecule is Cc1ccc(S(=O)(=O)Nc2ccc3[nH]c(=O)[nH]c3c2)s1. The van der Waals surface area contributed by atoms with Crippen LogP contribution in [0.3, 0.4) is 0 Å². The van der Waals surface area contributed by atoms with E-state index in [0.29, 0.717) is 16.7 Å². The molecule has 2 heterocycles. The number of thiophene rings is 1. The first-order valence-corrected chi connectivity index (χ1v) is 8.05. The number of aromatic nitrogens is 2. The molecule has 20 heavy (non-hydrogen) atoms. The van der Waals surface area contributed by atoms with E-state index < -0.39 is 10.0 Å². The number of fused-ring (bicyclic) bond motifs is 1. The molecule has 8 heteroatoms. The van der Waals surface area contributed by atoms with Crippen LogP contribution < -0.4 is 10.4 Å². The Morgan fingerprint density at radius 1 is 1.10 bits per heavy atom. The summed E-state index contributed by atoms with van der Waals surface area (Å²) in [5.74, 6) is 0. The molecule has 0 unspecified atom stereocenters. The van der Waals surface area contributed by atoms with Crippen LogP contribution in [0.2, 0.25) is 0 Å². The molecule has 0 amide bonds. The number of sulfonamides is 1. The number of rotatable bonds is 3. The summed E-state index contributed by atoms with van der Waals surface area (Å²) in [6.45, 7) is 1.85. The van der Waals surface area contributed by atoms with E-state index in [2.05, 4.69) is 14.7 Å². The van der Waals surface area contributed by atoms with Gasteiger partial charge in [-0.25, -0.2) is 13.2 Å². The van der Waals surface area contributed by atoms with Gasteiger partial charge in [-0.2, -0.15) is 0 Å². The molecule has 0 fully saturated rings. The summed E-state index contributed by atoms with van der Waals surface area (Å²) in [6.07, 6.45) is 0. The largest absolute Gasteiger partial charge is 0.323 e. The van der Waals surface area contributed by atoms with E-state index in [1.165, 1.54) is 11.3 Å². The molecule has 0 spiro atoms. The van der Waals surface area contributed by atoms with Gasteiger partial charge in [-0.3, -0.25) is 4.72 Å². The molecule has 3 N–H and O–H groups in total. The van der Waals surface area contributed by atoms with Crippen molar-refractivity contribution in [3.05, 3.63) is 45.7 Å². The fourth-order valence-electron chi connectivity index (χ4n) is 1.86. The zero-order chi connectivity index (χ0) is 14.3. The third-order valence-electron chi connectivity index (χ3n) is 2.75. The lowest BCUT2D eigenvalue weighted by Crippen LogP contribution is -2.11. The van der Waals surface area contributed by atoms with E-state index in [0.717, 1.165) is 4.88 Å². The average molecular weight is 309 g/mol. The van der Waals surface area contributed by atoms with E-state index in [-0.39, 0.29) is 9.90 Å². The van der Waals surface area contributed by atoms with Crippen molar-refractivity contribution >= 4 is 38.1 Å². The van der Waals surface area contributed by atoms with Gasteiger partial charge in [0.25, 0.3) is 10.0 Å². The maximum Gasteiger partial charge on any atom is 0.323 e. The number of hydrogen-bond acceptors (Lipinski definition) is 4. The van der Waals surface area contributed by atoms with Gasteiger partial charge in [0.2, 0.25) is 0 Å². The maximum atomic E-state index is 12.2. The van der Waals surface area contributed by atoms with Crippen molar-refractivity contribution in [1.29, 1.82) is 0 Å². The van der Waals surface area contributed by atoms with Crippen LogP contribution in [0, 0.1) is 6.92 Å². The lowest BCUT2D eigenvalue weighted by atomic mass is 10.3. The Balaban J connectivity index is 1.98. The van der Waals surface area contributed by atoms with Crippen LogP contribution in [0.15, 0.2) is 39.3 Å². The molecule has 2 aromatic heterocycles. The minimum Gasteiger partial charge on any atom is -0.306 e. The number of H-pyrrole nitrogens is 2. The average Bonchev–Trinajstić information content (AvgIpc) is 2.93. The fourth-order valence-corrected chi connectivity index (χ4v) is 4.19. The molecule has 0 aliphatic heterocycles. The molecule has 0 saturated carbocycles. The van der Waals surface area contributed by atoms with Crippen LogP contribution in [0.25, 0.3) is 11.0 Å². The molecule has 0 atom stereocenters. The van der Waals surface area contributed by atoms with Crippen molar-refractivity contribution in [2.24, 2.45) is 0 Å². The van der Waals surface area contributed by atoms with E-state index in [4.69, 9.17) is 0 Å². The Morgan fingerprint density at radius 3 is 2.55 bits per heavy atom. The summed E-state index contributed by atoms with van der Waals surface area (Å²) in [5.41, 5.74) is 1.26. The van der Waals surface area contributed by atoms with Crippen molar-refractivity contribution < 1.29 is 8.42 Å². The van der Waals surface area contributed by atoms with Crippen LogP contribution in [0.1, 0.15) is 4.88 Å². The van der Waals surface area contributed by atoms with Crippen LogP contribution in [0.4, 0.5) is 5.69 Å². The van der Waals surface area contributed by atoms with Crippen molar-refractivity contribution in [1.82, 2.24) is 9.97 Å². The molecule has 3 rings (SSSR count). The lowest BCUT2D eigenvalue weighted by Gasteiger charge is -2.05. The molecule has 0 aliphatic carbocycles. The second-order valence-electron chi connectivity index (χ2n) is 4.31. The Bertz CT molecular complexity index is 934. The number of aromatic amines is 2.